The van der Waals surface area contributed by atoms with Crippen LogP contribution >= 0.6 is 11.8 Å². The average molecular weight is 312 g/mol. The number of rotatable bonds is 3. The molecule has 2 aromatic carbocycles. The van der Waals surface area contributed by atoms with Gasteiger partial charge in [0.1, 0.15) is 6.54 Å². The fourth-order valence-corrected chi connectivity index (χ4v) is 3.01. The van der Waals surface area contributed by atoms with E-state index in [1.807, 2.05) is 48.7 Å². The van der Waals surface area contributed by atoms with Gasteiger partial charge in [0.05, 0.1) is 11.4 Å². The van der Waals surface area contributed by atoms with Crippen LogP contribution in [-0.4, -0.2) is 24.6 Å². The molecule has 0 aromatic heterocycles. The fourth-order valence-electron chi connectivity index (χ4n) is 2.48. The zero-order valence-corrected chi connectivity index (χ0v) is 13.0. The SMILES string of the molecule is CSCc1ccc(C(=O)N2CC(=O)Nc3ccccc32)cc1. The number of carbonyl (C=O) groups is 2. The maximum atomic E-state index is 12.7. The number of amides is 2. The molecule has 22 heavy (non-hydrogen) atoms. The summed E-state index contributed by atoms with van der Waals surface area (Å²) >= 11 is 1.74. The van der Waals surface area contributed by atoms with Gasteiger partial charge < -0.3 is 5.32 Å². The largest absolute Gasteiger partial charge is 0.323 e. The molecule has 4 nitrogen and oxygen atoms in total. The van der Waals surface area contributed by atoms with E-state index in [1.54, 1.807) is 17.8 Å². The highest BCUT2D eigenvalue weighted by molar-refractivity contribution is 7.97. The van der Waals surface area contributed by atoms with Gasteiger partial charge in [0, 0.05) is 11.3 Å². The number of benzene rings is 2. The van der Waals surface area contributed by atoms with Crippen molar-refractivity contribution >= 4 is 35.0 Å². The molecule has 2 aromatic rings. The van der Waals surface area contributed by atoms with Gasteiger partial charge in [0.15, 0.2) is 0 Å². The summed E-state index contributed by atoms with van der Waals surface area (Å²) in [5.74, 6) is 0.590. The predicted octanol–water partition coefficient (Wildman–Crippen LogP) is 3.15. The van der Waals surface area contributed by atoms with E-state index in [-0.39, 0.29) is 18.4 Å². The van der Waals surface area contributed by atoms with Gasteiger partial charge in [-0.15, -0.1) is 0 Å². The Kier molecular flexibility index (Phi) is 4.15. The summed E-state index contributed by atoms with van der Waals surface area (Å²) in [6, 6.07) is 14.9. The predicted molar refractivity (Wildman–Crippen MR) is 90.4 cm³/mol. The van der Waals surface area contributed by atoms with Crippen LogP contribution in [0.1, 0.15) is 15.9 Å². The van der Waals surface area contributed by atoms with Crippen LogP contribution in [0.25, 0.3) is 0 Å². The molecule has 1 N–H and O–H groups in total. The Morgan fingerprint density at radius 1 is 1.18 bits per heavy atom. The molecule has 0 atom stereocenters. The molecule has 0 fully saturated rings. The summed E-state index contributed by atoms with van der Waals surface area (Å²) in [6.07, 6.45) is 2.04. The first kappa shape index (κ1) is 14.7. The van der Waals surface area contributed by atoms with Crippen molar-refractivity contribution in [3.05, 3.63) is 59.7 Å². The van der Waals surface area contributed by atoms with Crippen LogP contribution in [-0.2, 0) is 10.5 Å². The second kappa shape index (κ2) is 6.23. The molecular weight excluding hydrogens is 296 g/mol. The van der Waals surface area contributed by atoms with E-state index in [9.17, 15) is 9.59 Å². The number of anilines is 2. The first-order valence-electron chi connectivity index (χ1n) is 6.97. The van der Waals surface area contributed by atoms with E-state index in [0.29, 0.717) is 11.3 Å². The molecular formula is C17H16N2O2S. The van der Waals surface area contributed by atoms with Crippen LogP contribution in [0, 0.1) is 0 Å². The van der Waals surface area contributed by atoms with E-state index in [4.69, 9.17) is 0 Å². The molecule has 1 heterocycles. The van der Waals surface area contributed by atoms with Crippen LogP contribution < -0.4 is 10.2 Å². The van der Waals surface area contributed by atoms with E-state index < -0.39 is 0 Å². The van der Waals surface area contributed by atoms with Gasteiger partial charge in [-0.25, -0.2) is 0 Å². The molecule has 0 spiro atoms. The standard InChI is InChI=1S/C17H16N2O2S/c1-22-11-12-6-8-13(9-7-12)17(21)19-10-16(20)18-14-4-2-3-5-15(14)19/h2-9H,10-11H2,1H3,(H,18,20). The van der Waals surface area contributed by atoms with Crippen molar-refractivity contribution in [2.75, 3.05) is 23.0 Å². The number of hydrogen-bond donors (Lipinski definition) is 1. The molecule has 5 heteroatoms. The molecule has 112 valence electrons. The highest BCUT2D eigenvalue weighted by Crippen LogP contribution is 2.30. The summed E-state index contributed by atoms with van der Waals surface area (Å²) < 4.78 is 0. The van der Waals surface area contributed by atoms with E-state index in [0.717, 1.165) is 11.4 Å². The number of carbonyl (C=O) groups excluding carboxylic acids is 2. The third-order valence-electron chi connectivity index (χ3n) is 3.53. The highest BCUT2D eigenvalue weighted by Gasteiger charge is 2.27. The number of fused-ring (bicyclic) bond motifs is 1. The molecule has 0 saturated carbocycles. The first-order valence-corrected chi connectivity index (χ1v) is 8.37. The molecule has 0 bridgehead atoms. The Labute approximate surface area is 133 Å². The molecule has 0 radical (unpaired) electrons. The van der Waals surface area contributed by atoms with E-state index >= 15 is 0 Å². The second-order valence-electron chi connectivity index (χ2n) is 5.09. The van der Waals surface area contributed by atoms with Gasteiger partial charge in [-0.3, -0.25) is 14.5 Å². The third-order valence-corrected chi connectivity index (χ3v) is 4.15. The van der Waals surface area contributed by atoms with Crippen molar-refractivity contribution in [3.8, 4) is 0 Å². The molecule has 0 aliphatic carbocycles. The van der Waals surface area contributed by atoms with Crippen molar-refractivity contribution in [2.45, 2.75) is 5.75 Å². The van der Waals surface area contributed by atoms with Gasteiger partial charge in [0.2, 0.25) is 5.91 Å². The van der Waals surface area contributed by atoms with Gasteiger partial charge >= 0.3 is 0 Å². The van der Waals surface area contributed by atoms with Gasteiger partial charge in [0.25, 0.3) is 5.91 Å². The summed E-state index contributed by atoms with van der Waals surface area (Å²) in [4.78, 5) is 26.0. The van der Waals surface area contributed by atoms with Crippen molar-refractivity contribution in [1.29, 1.82) is 0 Å². The van der Waals surface area contributed by atoms with Crippen LogP contribution in [0.5, 0.6) is 0 Å². The van der Waals surface area contributed by atoms with Crippen molar-refractivity contribution in [2.24, 2.45) is 0 Å². The summed E-state index contributed by atoms with van der Waals surface area (Å²) in [7, 11) is 0. The number of nitrogens with zero attached hydrogens (tertiary/aromatic N) is 1. The number of nitrogens with one attached hydrogen (secondary N) is 1. The molecule has 1 aliphatic rings. The molecule has 0 saturated heterocycles. The van der Waals surface area contributed by atoms with Crippen molar-refractivity contribution < 1.29 is 9.59 Å². The smallest absolute Gasteiger partial charge is 0.258 e. The van der Waals surface area contributed by atoms with Crippen LogP contribution in [0.2, 0.25) is 0 Å². The summed E-state index contributed by atoms with van der Waals surface area (Å²) in [5, 5.41) is 2.79. The van der Waals surface area contributed by atoms with Gasteiger partial charge in [-0.1, -0.05) is 24.3 Å². The lowest BCUT2D eigenvalue weighted by Gasteiger charge is -2.29. The van der Waals surface area contributed by atoms with Gasteiger partial charge in [-0.05, 0) is 36.1 Å². The molecule has 1 aliphatic heterocycles. The lowest BCUT2D eigenvalue weighted by molar-refractivity contribution is -0.115. The topological polar surface area (TPSA) is 49.4 Å². The monoisotopic (exact) mass is 312 g/mol. The third kappa shape index (κ3) is 2.85. The first-order chi connectivity index (χ1) is 10.7. The minimum atomic E-state index is -0.175. The minimum absolute atomic E-state index is 0.0441. The normalized spacial score (nSPS) is 13.5. The van der Waals surface area contributed by atoms with Crippen molar-refractivity contribution in [3.63, 3.8) is 0 Å². The lowest BCUT2D eigenvalue weighted by Crippen LogP contribution is -2.42. The Bertz CT molecular complexity index is 713. The van der Waals surface area contributed by atoms with Crippen molar-refractivity contribution in [1.82, 2.24) is 0 Å². The summed E-state index contributed by atoms with van der Waals surface area (Å²) in [5.41, 5.74) is 3.18. The zero-order chi connectivity index (χ0) is 15.5. The Morgan fingerprint density at radius 3 is 2.64 bits per heavy atom. The quantitative estimate of drug-likeness (QED) is 0.947. The molecule has 3 rings (SSSR count). The molecule has 0 unspecified atom stereocenters. The van der Waals surface area contributed by atoms with Crippen LogP contribution in [0.4, 0.5) is 11.4 Å². The average Bonchev–Trinajstić information content (AvgIpc) is 2.54. The number of para-hydroxylation sites is 2. The van der Waals surface area contributed by atoms with Crippen LogP contribution in [0.15, 0.2) is 48.5 Å². The number of hydrogen-bond acceptors (Lipinski definition) is 3. The Hall–Kier alpha value is -2.27. The second-order valence-corrected chi connectivity index (χ2v) is 5.95. The fraction of sp³-hybridized carbons (Fsp3) is 0.176. The Balaban J connectivity index is 1.90. The van der Waals surface area contributed by atoms with Crippen LogP contribution in [0.3, 0.4) is 0 Å². The molecule has 2 amide bonds. The maximum absolute atomic E-state index is 12.7. The highest BCUT2D eigenvalue weighted by atomic mass is 32.2. The number of thioether (sulfide) groups is 1. The van der Waals surface area contributed by atoms with E-state index in [2.05, 4.69) is 5.32 Å². The Morgan fingerprint density at radius 2 is 1.91 bits per heavy atom. The van der Waals surface area contributed by atoms with Gasteiger partial charge in [-0.2, -0.15) is 11.8 Å². The zero-order valence-electron chi connectivity index (χ0n) is 12.2. The van der Waals surface area contributed by atoms with E-state index in [1.165, 1.54) is 10.5 Å². The lowest BCUT2D eigenvalue weighted by atomic mass is 10.1. The maximum Gasteiger partial charge on any atom is 0.258 e. The summed E-state index contributed by atoms with van der Waals surface area (Å²) in [6.45, 7) is 0.0441. The minimum Gasteiger partial charge on any atom is -0.323 e.